The molecular weight excluding hydrogens is 401 g/mol. The Kier molecular flexibility index (Phi) is 6.94. The highest BCUT2D eigenvalue weighted by molar-refractivity contribution is 6.42. The zero-order valence-electron chi connectivity index (χ0n) is 15.5. The van der Waals surface area contributed by atoms with Gasteiger partial charge in [-0.25, -0.2) is 0 Å². The summed E-state index contributed by atoms with van der Waals surface area (Å²) in [5, 5.41) is 3.75. The second kappa shape index (κ2) is 9.41. The number of Topliss-reactive ketones (excluding diaryl/α,β-unsaturated/α-hetero) is 1. The Morgan fingerprint density at radius 1 is 1.11 bits per heavy atom. The number of ether oxygens (including phenoxy) is 2. The Morgan fingerprint density at radius 3 is 2.54 bits per heavy atom. The van der Waals surface area contributed by atoms with Crippen molar-refractivity contribution < 1.29 is 19.1 Å². The molecule has 1 fully saturated rings. The van der Waals surface area contributed by atoms with E-state index in [1.807, 2.05) is 0 Å². The van der Waals surface area contributed by atoms with Gasteiger partial charge < -0.3 is 14.8 Å². The third-order valence-corrected chi connectivity index (χ3v) is 5.46. The van der Waals surface area contributed by atoms with Gasteiger partial charge in [0.1, 0.15) is 5.75 Å². The van der Waals surface area contributed by atoms with Gasteiger partial charge in [-0.15, -0.1) is 0 Å². The Bertz CT molecular complexity index is 879. The van der Waals surface area contributed by atoms with E-state index in [1.165, 1.54) is 7.11 Å². The van der Waals surface area contributed by atoms with Crippen LogP contribution in [0.25, 0.3) is 0 Å². The van der Waals surface area contributed by atoms with Crippen molar-refractivity contribution in [1.82, 2.24) is 0 Å². The van der Waals surface area contributed by atoms with Crippen LogP contribution < -0.4 is 10.1 Å². The first-order valence-electron chi connectivity index (χ1n) is 9.01. The summed E-state index contributed by atoms with van der Waals surface area (Å²) >= 11 is 11.9. The fraction of sp³-hybridized carbons (Fsp3) is 0.333. The number of rotatable bonds is 6. The van der Waals surface area contributed by atoms with Crippen molar-refractivity contribution in [2.75, 3.05) is 25.6 Å². The number of benzene rings is 2. The number of ketones is 1. The number of halogens is 2. The number of carbonyl (C=O) groups excluding carboxylic acids is 2. The van der Waals surface area contributed by atoms with Gasteiger partial charge >= 0.3 is 0 Å². The third kappa shape index (κ3) is 5.04. The predicted octanol–water partition coefficient (Wildman–Crippen LogP) is 4.79. The van der Waals surface area contributed by atoms with E-state index in [0.717, 1.165) is 5.56 Å². The zero-order valence-corrected chi connectivity index (χ0v) is 17.0. The molecular formula is C21H21Cl2NO4. The molecule has 1 heterocycles. The highest BCUT2D eigenvalue weighted by Gasteiger charge is 2.23. The summed E-state index contributed by atoms with van der Waals surface area (Å²) in [4.78, 5) is 25.2. The molecule has 148 valence electrons. The second-order valence-corrected chi connectivity index (χ2v) is 7.45. The molecule has 2 aromatic carbocycles. The van der Waals surface area contributed by atoms with Crippen molar-refractivity contribution in [3.63, 3.8) is 0 Å². The second-order valence-electron chi connectivity index (χ2n) is 6.64. The summed E-state index contributed by atoms with van der Waals surface area (Å²) in [7, 11) is 1.52. The van der Waals surface area contributed by atoms with Gasteiger partial charge in [0, 0.05) is 31.1 Å². The van der Waals surface area contributed by atoms with Gasteiger partial charge in [0.15, 0.2) is 5.78 Å². The Balaban J connectivity index is 1.76. The first-order valence-corrected chi connectivity index (χ1v) is 9.77. The SMILES string of the molecule is COc1ccc(C(=O)Cc2ccc(Cl)c(Cl)c2)cc1NC(=O)C1CCOCC1. The zero-order chi connectivity index (χ0) is 20.1. The standard InChI is InChI=1S/C21H21Cl2NO4/c1-27-20-5-3-15(19(25)11-13-2-4-16(22)17(23)10-13)12-18(20)24-21(26)14-6-8-28-9-7-14/h2-5,10,12,14H,6-9,11H2,1H3,(H,24,26). The van der Waals surface area contributed by atoms with Gasteiger partial charge in [-0.1, -0.05) is 29.3 Å². The van der Waals surface area contributed by atoms with E-state index in [4.69, 9.17) is 32.7 Å². The Morgan fingerprint density at radius 2 is 1.86 bits per heavy atom. The molecule has 1 amide bonds. The molecule has 1 aliphatic rings. The van der Waals surface area contributed by atoms with Crippen molar-refractivity contribution in [3.05, 3.63) is 57.6 Å². The Labute approximate surface area is 173 Å². The highest BCUT2D eigenvalue weighted by atomic mass is 35.5. The lowest BCUT2D eigenvalue weighted by molar-refractivity contribution is -0.122. The molecule has 1 N–H and O–H groups in total. The average molecular weight is 422 g/mol. The molecule has 2 aromatic rings. The summed E-state index contributed by atoms with van der Waals surface area (Å²) in [5.41, 5.74) is 1.73. The predicted molar refractivity (Wildman–Crippen MR) is 110 cm³/mol. The van der Waals surface area contributed by atoms with Crippen LogP contribution in [0, 0.1) is 5.92 Å². The maximum absolute atomic E-state index is 12.7. The quantitative estimate of drug-likeness (QED) is 0.680. The largest absolute Gasteiger partial charge is 0.495 e. The maximum atomic E-state index is 12.7. The van der Waals surface area contributed by atoms with Crippen LogP contribution in [0.3, 0.4) is 0 Å². The van der Waals surface area contributed by atoms with Crippen molar-refractivity contribution in [2.45, 2.75) is 19.3 Å². The minimum absolute atomic E-state index is 0.0873. The summed E-state index contributed by atoms with van der Waals surface area (Å²) in [5.74, 6) is 0.221. The first-order chi connectivity index (χ1) is 13.5. The van der Waals surface area contributed by atoms with Crippen LogP contribution >= 0.6 is 23.2 Å². The molecule has 1 aliphatic heterocycles. The molecule has 0 atom stereocenters. The van der Waals surface area contributed by atoms with Gasteiger partial charge in [-0.05, 0) is 48.7 Å². The van der Waals surface area contributed by atoms with E-state index in [2.05, 4.69) is 5.32 Å². The summed E-state index contributed by atoms with van der Waals surface area (Å²) < 4.78 is 10.6. The molecule has 0 aliphatic carbocycles. The minimum Gasteiger partial charge on any atom is -0.495 e. The van der Waals surface area contributed by atoms with E-state index in [1.54, 1.807) is 36.4 Å². The number of anilines is 1. The number of carbonyl (C=O) groups is 2. The molecule has 3 rings (SSSR count). The summed E-state index contributed by atoms with van der Waals surface area (Å²) in [6.45, 7) is 1.16. The van der Waals surface area contributed by atoms with E-state index >= 15 is 0 Å². The van der Waals surface area contributed by atoms with Crippen molar-refractivity contribution >= 4 is 40.6 Å². The highest BCUT2D eigenvalue weighted by Crippen LogP contribution is 2.28. The molecule has 0 radical (unpaired) electrons. The van der Waals surface area contributed by atoms with E-state index in [-0.39, 0.29) is 24.0 Å². The molecule has 28 heavy (non-hydrogen) atoms. The molecule has 7 heteroatoms. The minimum atomic E-state index is -0.103. The number of amides is 1. The fourth-order valence-corrected chi connectivity index (χ4v) is 3.43. The maximum Gasteiger partial charge on any atom is 0.227 e. The number of hydrogen-bond acceptors (Lipinski definition) is 4. The monoisotopic (exact) mass is 421 g/mol. The molecule has 0 bridgehead atoms. The van der Waals surface area contributed by atoms with Crippen molar-refractivity contribution in [2.24, 2.45) is 5.92 Å². The third-order valence-electron chi connectivity index (χ3n) is 4.72. The van der Waals surface area contributed by atoms with Gasteiger partial charge in [-0.3, -0.25) is 9.59 Å². The van der Waals surface area contributed by atoms with Crippen LogP contribution in [0.15, 0.2) is 36.4 Å². The van der Waals surface area contributed by atoms with Gasteiger partial charge in [-0.2, -0.15) is 0 Å². The van der Waals surface area contributed by atoms with Gasteiger partial charge in [0.2, 0.25) is 5.91 Å². The molecule has 0 unspecified atom stereocenters. The summed E-state index contributed by atoms with van der Waals surface area (Å²) in [6.07, 6.45) is 1.55. The van der Waals surface area contributed by atoms with Crippen LogP contribution in [0.5, 0.6) is 5.75 Å². The van der Waals surface area contributed by atoms with Crippen LogP contribution in [-0.4, -0.2) is 32.0 Å². The van der Waals surface area contributed by atoms with Crippen LogP contribution in [0.1, 0.15) is 28.8 Å². The number of hydrogen-bond donors (Lipinski definition) is 1. The van der Waals surface area contributed by atoms with Crippen LogP contribution in [0.2, 0.25) is 10.0 Å². The van der Waals surface area contributed by atoms with Crippen LogP contribution in [0.4, 0.5) is 5.69 Å². The normalized spacial score (nSPS) is 14.5. The molecule has 0 aromatic heterocycles. The first kappa shape index (κ1) is 20.6. The molecule has 5 nitrogen and oxygen atoms in total. The smallest absolute Gasteiger partial charge is 0.227 e. The van der Waals surface area contributed by atoms with Crippen molar-refractivity contribution in [1.29, 1.82) is 0 Å². The Hall–Kier alpha value is -2.08. The molecule has 0 saturated carbocycles. The lowest BCUT2D eigenvalue weighted by Gasteiger charge is -2.22. The van der Waals surface area contributed by atoms with Gasteiger partial charge in [0.05, 0.1) is 22.8 Å². The van der Waals surface area contributed by atoms with Gasteiger partial charge in [0.25, 0.3) is 0 Å². The van der Waals surface area contributed by atoms with E-state index in [0.29, 0.717) is 53.1 Å². The molecule has 0 spiro atoms. The number of nitrogens with one attached hydrogen (secondary N) is 1. The average Bonchev–Trinajstić information content (AvgIpc) is 2.71. The number of methoxy groups -OCH3 is 1. The lowest BCUT2D eigenvalue weighted by atomic mass is 9.99. The van der Waals surface area contributed by atoms with E-state index < -0.39 is 0 Å². The lowest BCUT2D eigenvalue weighted by Crippen LogP contribution is -2.28. The van der Waals surface area contributed by atoms with Crippen molar-refractivity contribution in [3.8, 4) is 5.75 Å². The topological polar surface area (TPSA) is 64.6 Å². The van der Waals surface area contributed by atoms with Crippen LogP contribution in [-0.2, 0) is 16.0 Å². The fourth-order valence-electron chi connectivity index (χ4n) is 3.11. The van der Waals surface area contributed by atoms with E-state index in [9.17, 15) is 9.59 Å². The molecule has 1 saturated heterocycles. The summed E-state index contributed by atoms with van der Waals surface area (Å²) in [6, 6.07) is 10.1.